The number of benzene rings is 4. The van der Waals surface area contributed by atoms with Crippen LogP contribution in [0.1, 0.15) is 137 Å². The zero-order chi connectivity index (χ0) is 79.6. The normalized spacial score (nSPS) is 19.6. The topological polar surface area (TPSA) is 543 Å². The number of esters is 1. The number of unbranched alkanes of at least 4 members (excludes halogenated alkanes) is 1. The number of allylic oxidation sites excluding steroid dienone is 1. The van der Waals surface area contributed by atoms with Crippen molar-refractivity contribution >= 4 is 112 Å². The number of amides is 12. The minimum absolute atomic E-state index is 0.0895. The number of phenolic OH excluding ortho intramolecular Hbond substituents is 2. The Hall–Kier alpha value is -12.2. The molecule has 0 radical (unpaired) electrons. The summed E-state index contributed by atoms with van der Waals surface area (Å²) in [5.74, 6) is -15.4. The predicted molar refractivity (Wildman–Crippen MR) is 390 cm³/mol. The van der Waals surface area contributed by atoms with Crippen molar-refractivity contribution in [1.82, 2.24) is 58.1 Å². The van der Waals surface area contributed by atoms with E-state index in [0.717, 1.165) is 6.92 Å². The molecule has 0 unspecified atom stereocenters. The molecule has 1 fully saturated rings. The van der Waals surface area contributed by atoms with Gasteiger partial charge in [0.1, 0.15) is 83.4 Å². The number of aromatic hydroxyl groups is 2. The van der Waals surface area contributed by atoms with Crippen LogP contribution in [-0.2, 0) is 83.9 Å². The molecule has 0 aliphatic carbocycles. The summed E-state index contributed by atoms with van der Waals surface area (Å²) >= 11 is 5.52. The second-order valence-electron chi connectivity index (χ2n) is 27.0. The molecule has 1 spiro atoms. The molecule has 19 N–H and O–H groups in total. The van der Waals surface area contributed by atoms with Crippen LogP contribution in [0, 0.1) is 5.92 Å². The Morgan fingerprint density at radius 1 is 0.679 bits per heavy atom. The Kier molecular flexibility index (Phi) is 28.2. The molecule has 1 saturated heterocycles. The monoisotopic (exact) mass is 1530 g/mol. The number of rotatable bonds is 29. The van der Waals surface area contributed by atoms with Gasteiger partial charge in [-0.2, -0.15) is 0 Å². The van der Waals surface area contributed by atoms with Crippen LogP contribution >= 0.6 is 12.2 Å². The zero-order valence-electron chi connectivity index (χ0n) is 59.9. The van der Waals surface area contributed by atoms with Crippen molar-refractivity contribution < 1.29 is 102 Å². The number of aliphatic carboxylic acids is 2. The number of hydrogen-bond donors (Lipinski definition) is 17. The van der Waals surface area contributed by atoms with Crippen LogP contribution in [0.4, 0.5) is 5.69 Å². The fourth-order valence-electron chi connectivity index (χ4n) is 12.9. The van der Waals surface area contributed by atoms with Crippen LogP contribution in [0.25, 0.3) is 0 Å². The third-order valence-electron chi connectivity index (χ3n) is 18.5. The molecule has 36 heteroatoms. The summed E-state index contributed by atoms with van der Waals surface area (Å²) in [5, 5.41) is 68.6. The van der Waals surface area contributed by atoms with Crippen molar-refractivity contribution in [3.8, 4) is 23.0 Å². The molecule has 10 atom stereocenters. The number of carbonyl (C=O) groups is 15. The Morgan fingerprint density at radius 3 is 1.92 bits per heavy atom. The number of thiocarbonyl (C=S) groups is 1. The third-order valence-corrected chi connectivity index (χ3v) is 18.7. The third kappa shape index (κ3) is 21.7. The highest BCUT2D eigenvalue weighted by Crippen LogP contribution is 2.57. The number of ether oxygens (including phenoxy) is 2. The van der Waals surface area contributed by atoms with E-state index in [0.29, 0.717) is 40.8 Å². The summed E-state index contributed by atoms with van der Waals surface area (Å²) in [6.07, 6.45) is 0.00983. The number of carbonyl (C=O) groups excluding carboxylic acids is 13. The number of fused-ring (bicyclic) bond motifs is 6. The fourth-order valence-corrected chi connectivity index (χ4v) is 13.2. The van der Waals surface area contributed by atoms with Gasteiger partial charge in [0.05, 0.1) is 18.4 Å². The highest BCUT2D eigenvalue weighted by Gasteiger charge is 2.54. The average molecular weight is 1530 g/mol. The summed E-state index contributed by atoms with van der Waals surface area (Å²) < 4.78 is 12.1. The zero-order valence-corrected chi connectivity index (χ0v) is 60.8. The lowest BCUT2D eigenvalue weighted by molar-refractivity contribution is -0.143. The van der Waals surface area contributed by atoms with Crippen LogP contribution in [-0.4, -0.2) is 193 Å². The van der Waals surface area contributed by atoms with Gasteiger partial charge in [0.2, 0.25) is 70.9 Å². The van der Waals surface area contributed by atoms with Crippen LogP contribution in [0.5, 0.6) is 23.0 Å². The van der Waals surface area contributed by atoms with Crippen LogP contribution < -0.4 is 74.7 Å². The molecule has 4 aliphatic rings. The maximum absolute atomic E-state index is 14.5. The van der Waals surface area contributed by atoms with Gasteiger partial charge >= 0.3 is 17.9 Å². The molecule has 12 amide bonds. The SMILES string of the molecule is CC(=O)N[C@H](C(=O)N1CCC[C@H]1C(=O)N[C@H]1C/C=C\CC[C@H](C(=O)N[C@@H](CC(=O)O)C(=O)N[C@@H](C)C(=O)N[C@@H](CC(=O)O)C(=O)N[C@@H](CCCCNC(=S)Nc2ccc3c(c2)C(=O)OC32c3ccc(O)cc3Oc3cc(O)ccc32)C(N)=O)NC(=O)[C@H](Cc2ccccc2)NC(=O)[C@H](CCC(N)=O)NC1=O)C(C)C. The largest absolute Gasteiger partial charge is 0.508 e. The van der Waals surface area contributed by atoms with E-state index in [2.05, 4.69) is 58.5 Å². The lowest BCUT2D eigenvalue weighted by Crippen LogP contribution is -2.60. The average Bonchev–Trinajstić information content (AvgIpc) is 1.59. The molecule has 4 aromatic carbocycles. The van der Waals surface area contributed by atoms with Gasteiger partial charge in [-0.3, -0.25) is 67.1 Å². The van der Waals surface area contributed by atoms with Gasteiger partial charge in [-0.1, -0.05) is 62.4 Å². The smallest absolute Gasteiger partial charge is 0.340 e. The number of phenols is 2. The Bertz CT molecular complexity index is 4180. The first-order valence-corrected chi connectivity index (χ1v) is 35.6. The quantitative estimate of drug-likeness (QED) is 0.0146. The summed E-state index contributed by atoms with van der Waals surface area (Å²) in [7, 11) is 0. The summed E-state index contributed by atoms with van der Waals surface area (Å²) in [6, 6.07) is 6.51. The number of hydrogen-bond acceptors (Lipinski definition) is 20. The molecule has 109 heavy (non-hydrogen) atoms. The number of nitrogens with two attached hydrogens (primary N) is 2. The van der Waals surface area contributed by atoms with E-state index in [1.165, 1.54) is 48.2 Å². The summed E-state index contributed by atoms with van der Waals surface area (Å²) in [6.45, 7) is 6.13. The summed E-state index contributed by atoms with van der Waals surface area (Å²) in [4.78, 5) is 203. The number of anilines is 1. The lowest BCUT2D eigenvalue weighted by Gasteiger charge is -2.36. The molecule has 4 aliphatic heterocycles. The Labute approximate surface area is 629 Å². The van der Waals surface area contributed by atoms with Crippen LogP contribution in [0.2, 0.25) is 0 Å². The first-order valence-electron chi connectivity index (χ1n) is 35.2. The van der Waals surface area contributed by atoms with Gasteiger partial charge < -0.3 is 105 Å². The number of primary amides is 2. The molecular formula is C73H88N14O21S. The number of nitrogens with zero attached hydrogens (tertiary/aromatic N) is 1. The molecule has 35 nitrogen and oxygen atoms in total. The summed E-state index contributed by atoms with van der Waals surface area (Å²) in [5.41, 5.74) is 12.0. The highest BCUT2D eigenvalue weighted by atomic mass is 32.1. The van der Waals surface area contributed by atoms with Crippen molar-refractivity contribution in [2.45, 2.75) is 177 Å². The molecule has 8 rings (SSSR count). The van der Waals surface area contributed by atoms with Gasteiger partial charge in [0.25, 0.3) is 0 Å². The molecule has 0 aromatic heterocycles. The van der Waals surface area contributed by atoms with E-state index in [4.69, 9.17) is 33.2 Å². The molecule has 0 saturated carbocycles. The Morgan fingerprint density at radius 2 is 1.29 bits per heavy atom. The second-order valence-corrected chi connectivity index (χ2v) is 27.4. The van der Waals surface area contributed by atoms with Crippen molar-refractivity contribution in [3.63, 3.8) is 0 Å². The minimum atomic E-state index is -2.00. The number of nitrogens with one attached hydrogen (secondary N) is 11. The van der Waals surface area contributed by atoms with E-state index in [1.54, 1.807) is 74.5 Å². The van der Waals surface area contributed by atoms with E-state index in [9.17, 15) is 92.3 Å². The van der Waals surface area contributed by atoms with Crippen molar-refractivity contribution in [2.24, 2.45) is 17.4 Å². The van der Waals surface area contributed by atoms with Crippen molar-refractivity contribution in [3.05, 3.63) is 125 Å². The molecule has 582 valence electrons. The van der Waals surface area contributed by atoms with E-state index < -0.39 is 180 Å². The fraction of sp³-hybridized carbons (Fsp3) is 0.425. The molecule has 4 aromatic rings. The number of likely N-dealkylation sites (tertiary alicyclic amines) is 1. The minimum Gasteiger partial charge on any atom is -0.508 e. The first-order chi connectivity index (χ1) is 51.7. The van der Waals surface area contributed by atoms with Gasteiger partial charge in [0, 0.05) is 67.4 Å². The standard InChI is InChI=1S/C73H88N14O21S/c1-36(2)60(78-38(4)88)70(105)87-29-13-19-54(87)69(104)83-49-18-10-6-9-17-48(81-67(102)51(30-39-14-7-5-8-15-39)85-65(100)50(82-63(49)98)26-27-57(74)91)64(99)86-52(34-58(92)93)66(101)77-37(3)62(97)84-53(35-59(94)95)68(103)80-47(61(75)96)16-11-12-28-76-72(109)79-40-20-23-44-43(31-40)71(106)108-73(44)45-24-21-41(89)32-55(45)107-56-33-42(90)22-25-46(56)73/h5-8,10,14-15,20-25,31-33,36-37,47-54,60,89-90H,9,11-13,16-19,26-30,34-35H2,1-4H3,(H2,74,91)(H2,75,96)(H,77,101)(H,78,88)(H,80,103)(H,81,102)(H,82,98)(H,83,104)(H,84,97)(H,85,100)(H,86,99)(H,92,93)(H,94,95)(H2,76,79,109)/b10-6-/t37-,47-,48+,49-,50-,51-,52-,53-,54-,60-/m0/s1. The van der Waals surface area contributed by atoms with Gasteiger partial charge in [0.15, 0.2) is 10.7 Å². The van der Waals surface area contributed by atoms with Crippen molar-refractivity contribution in [1.29, 1.82) is 0 Å². The van der Waals surface area contributed by atoms with E-state index >= 15 is 0 Å². The number of carboxylic acids is 2. The predicted octanol–water partition coefficient (Wildman–Crippen LogP) is -0.145. The lowest BCUT2D eigenvalue weighted by atomic mass is 9.77. The van der Waals surface area contributed by atoms with Crippen molar-refractivity contribution in [2.75, 3.05) is 18.4 Å². The number of carboxylic acid groups (broad SMARTS) is 2. The van der Waals surface area contributed by atoms with Gasteiger partial charge in [-0.25, -0.2) is 4.79 Å². The first kappa shape index (κ1) is 82.4. The maximum Gasteiger partial charge on any atom is 0.340 e. The molecule has 0 bridgehead atoms. The highest BCUT2D eigenvalue weighted by molar-refractivity contribution is 7.80. The second kappa shape index (κ2) is 37.3. The van der Waals surface area contributed by atoms with Crippen LogP contribution in [0.15, 0.2) is 97.1 Å². The van der Waals surface area contributed by atoms with E-state index in [1.807, 2.05) is 0 Å². The molecular weight excluding hydrogens is 1440 g/mol. The maximum atomic E-state index is 14.5. The van der Waals surface area contributed by atoms with Crippen LogP contribution in [0.3, 0.4) is 0 Å². The molecule has 4 heterocycles. The van der Waals surface area contributed by atoms with Gasteiger partial charge in [-0.05, 0) is 125 Å². The Balaban J connectivity index is 0.892. The van der Waals surface area contributed by atoms with E-state index in [-0.39, 0.29) is 97.6 Å². The van der Waals surface area contributed by atoms with Gasteiger partial charge in [-0.15, -0.1) is 0 Å².